The second-order valence-electron chi connectivity index (χ2n) is 8.86. The number of H-pyrrole nitrogens is 1. The third-order valence-corrected chi connectivity index (χ3v) is 7.04. The van der Waals surface area contributed by atoms with Crippen LogP contribution in [0.3, 0.4) is 0 Å². The van der Waals surface area contributed by atoms with Crippen molar-refractivity contribution >= 4 is 33.4 Å². The van der Waals surface area contributed by atoms with Crippen molar-refractivity contribution < 1.29 is 19.0 Å². The number of rotatable bonds is 4. The lowest BCUT2D eigenvalue weighted by Gasteiger charge is -2.36. The number of benzene rings is 2. The maximum atomic E-state index is 14.3. The van der Waals surface area contributed by atoms with Crippen molar-refractivity contribution in [3.05, 3.63) is 117 Å². The number of pyridine rings is 1. The molecule has 2 aromatic carbocycles. The van der Waals surface area contributed by atoms with Crippen LogP contribution >= 0.6 is 15.9 Å². The van der Waals surface area contributed by atoms with E-state index in [9.17, 15) is 14.0 Å². The lowest BCUT2D eigenvalue weighted by atomic mass is 9.71. The molecule has 0 saturated heterocycles. The van der Waals surface area contributed by atoms with Crippen molar-refractivity contribution in [2.45, 2.75) is 31.6 Å². The molecule has 1 amide bonds. The Labute approximate surface area is 211 Å². The summed E-state index contributed by atoms with van der Waals surface area (Å²) in [6.45, 7) is 1.83. The van der Waals surface area contributed by atoms with Gasteiger partial charge in [-0.15, -0.1) is 0 Å². The summed E-state index contributed by atoms with van der Waals surface area (Å²) in [5, 5.41) is 6.24. The van der Waals surface area contributed by atoms with E-state index in [0.29, 0.717) is 41.1 Å². The van der Waals surface area contributed by atoms with E-state index in [2.05, 4.69) is 31.5 Å². The van der Waals surface area contributed by atoms with Gasteiger partial charge in [0.2, 0.25) is 0 Å². The number of Topliss-reactive ketones (excluding diaryl/α,β-unsaturated/α-hetero) is 1. The first-order valence-electron chi connectivity index (χ1n) is 11.4. The van der Waals surface area contributed by atoms with Crippen LogP contribution < -0.4 is 15.6 Å². The average molecular weight is 533 g/mol. The van der Waals surface area contributed by atoms with Gasteiger partial charge in [0.1, 0.15) is 12.0 Å². The first-order valence-corrected chi connectivity index (χ1v) is 12.2. The van der Waals surface area contributed by atoms with Gasteiger partial charge in [-0.3, -0.25) is 4.79 Å². The molecule has 5 rings (SSSR count). The van der Waals surface area contributed by atoms with Gasteiger partial charge in [-0.2, -0.15) is 0 Å². The molecule has 3 N–H and O–H groups in total. The molecule has 1 aliphatic heterocycles. The summed E-state index contributed by atoms with van der Waals surface area (Å²) in [5.41, 5.74) is 4.07. The summed E-state index contributed by atoms with van der Waals surface area (Å²) in [6, 6.07) is 19.7. The molecule has 2 aliphatic rings. The van der Waals surface area contributed by atoms with Crippen LogP contribution in [0, 0.1) is 5.82 Å². The molecule has 5 nitrogen and oxygen atoms in total. The lowest BCUT2D eigenvalue weighted by Crippen LogP contribution is -2.37. The Balaban J connectivity index is 1.56. The van der Waals surface area contributed by atoms with E-state index in [0.717, 1.165) is 15.7 Å². The van der Waals surface area contributed by atoms with Crippen molar-refractivity contribution in [3.8, 4) is 0 Å². The summed E-state index contributed by atoms with van der Waals surface area (Å²) in [6.07, 6.45) is 2.70. The minimum Gasteiger partial charge on any atom is -0.362 e. The summed E-state index contributed by atoms with van der Waals surface area (Å²) in [5.74, 6) is -0.907. The van der Waals surface area contributed by atoms with E-state index < -0.39 is 11.7 Å². The molecule has 0 radical (unpaired) electrons. The van der Waals surface area contributed by atoms with Crippen LogP contribution in [-0.4, -0.2) is 11.7 Å². The molecule has 2 unspecified atom stereocenters. The quantitative estimate of drug-likeness (QED) is 0.472. The highest BCUT2D eigenvalue weighted by Gasteiger charge is 2.42. The highest BCUT2D eigenvalue weighted by Crippen LogP contribution is 2.45. The van der Waals surface area contributed by atoms with E-state index in [4.69, 9.17) is 0 Å². The Morgan fingerprint density at radius 1 is 1.06 bits per heavy atom. The number of aromatic nitrogens is 1. The number of ketones is 1. The Hall–Kier alpha value is -3.58. The zero-order chi connectivity index (χ0) is 24.5. The first kappa shape index (κ1) is 23.2. The molecule has 0 fully saturated rings. The van der Waals surface area contributed by atoms with Gasteiger partial charge in [0.25, 0.3) is 5.82 Å². The number of amides is 1. The molecule has 2 heterocycles. The van der Waals surface area contributed by atoms with Crippen LogP contribution in [0.15, 0.2) is 99.9 Å². The number of carbonyl (C=O) groups excluding carboxylic acids is 2. The van der Waals surface area contributed by atoms with Crippen LogP contribution in [0.1, 0.15) is 42.7 Å². The van der Waals surface area contributed by atoms with Gasteiger partial charge in [0.15, 0.2) is 5.78 Å². The predicted molar refractivity (Wildman–Crippen MR) is 135 cm³/mol. The van der Waals surface area contributed by atoms with Crippen LogP contribution in [0.25, 0.3) is 0 Å². The SMILES string of the molecule is CC1=C(C(=O)Nc2ccc(Br)c[nH+]2)C(c2cccc(F)c2)C2=C(CC(c3ccccc3)CC2=O)N1. The maximum absolute atomic E-state index is 14.3. The Morgan fingerprint density at radius 2 is 1.83 bits per heavy atom. The fourth-order valence-corrected chi connectivity index (χ4v) is 5.24. The number of hydrogen-bond donors (Lipinski definition) is 2. The van der Waals surface area contributed by atoms with Crippen molar-refractivity contribution in [2.24, 2.45) is 0 Å². The molecule has 0 spiro atoms. The van der Waals surface area contributed by atoms with E-state index in [1.54, 1.807) is 24.4 Å². The number of dihydropyridines is 1. The number of carbonyl (C=O) groups is 2. The predicted octanol–water partition coefficient (Wildman–Crippen LogP) is 5.40. The maximum Gasteiger partial charge on any atom is 0.337 e. The zero-order valence-corrected chi connectivity index (χ0v) is 20.7. The highest BCUT2D eigenvalue weighted by molar-refractivity contribution is 9.10. The second-order valence-corrected chi connectivity index (χ2v) is 9.77. The normalized spacial score (nSPS) is 19.8. The van der Waals surface area contributed by atoms with Crippen molar-refractivity contribution in [1.82, 2.24) is 5.32 Å². The van der Waals surface area contributed by atoms with Crippen LogP contribution in [0.5, 0.6) is 0 Å². The molecule has 0 saturated carbocycles. The molecule has 2 atom stereocenters. The molecular formula is C28H24BrFN3O2+. The lowest BCUT2D eigenvalue weighted by molar-refractivity contribution is -0.361. The van der Waals surface area contributed by atoms with E-state index in [-0.39, 0.29) is 17.6 Å². The topological polar surface area (TPSA) is 72.3 Å². The third kappa shape index (κ3) is 4.68. The van der Waals surface area contributed by atoms with E-state index in [1.807, 2.05) is 43.3 Å². The second kappa shape index (κ2) is 9.58. The fourth-order valence-electron chi connectivity index (χ4n) is 4.99. The van der Waals surface area contributed by atoms with Gasteiger partial charge < -0.3 is 5.32 Å². The monoisotopic (exact) mass is 532 g/mol. The Kier molecular flexibility index (Phi) is 6.34. The molecule has 7 heteroatoms. The Morgan fingerprint density at radius 3 is 2.54 bits per heavy atom. The van der Waals surface area contributed by atoms with Crippen LogP contribution in [0.2, 0.25) is 0 Å². The summed E-state index contributed by atoms with van der Waals surface area (Å²) >= 11 is 3.37. The number of hydrogen-bond acceptors (Lipinski definition) is 3. The van der Waals surface area contributed by atoms with Gasteiger partial charge in [-0.25, -0.2) is 19.5 Å². The molecule has 3 aromatic rings. The number of allylic oxidation sites excluding steroid dienone is 3. The highest BCUT2D eigenvalue weighted by atomic mass is 79.9. The minimum atomic E-state index is -0.665. The minimum absolute atomic E-state index is 0.0325. The average Bonchev–Trinajstić information content (AvgIpc) is 2.85. The van der Waals surface area contributed by atoms with Crippen LogP contribution in [0.4, 0.5) is 10.2 Å². The van der Waals surface area contributed by atoms with Gasteiger partial charge in [-0.05, 0) is 64.5 Å². The number of aromatic amines is 1. The third-order valence-electron chi connectivity index (χ3n) is 6.55. The Bertz CT molecular complexity index is 1370. The molecule has 1 aromatic heterocycles. The van der Waals surface area contributed by atoms with Crippen molar-refractivity contribution in [1.29, 1.82) is 0 Å². The van der Waals surface area contributed by atoms with Gasteiger partial charge >= 0.3 is 5.91 Å². The van der Waals surface area contributed by atoms with Gasteiger partial charge in [0.05, 0.1) is 10.0 Å². The van der Waals surface area contributed by atoms with Crippen molar-refractivity contribution in [3.63, 3.8) is 0 Å². The molecule has 35 heavy (non-hydrogen) atoms. The molecule has 1 aliphatic carbocycles. The summed E-state index contributed by atoms with van der Waals surface area (Å²) in [4.78, 5) is 30.1. The van der Waals surface area contributed by atoms with E-state index >= 15 is 0 Å². The number of anilines is 1. The van der Waals surface area contributed by atoms with Crippen molar-refractivity contribution in [2.75, 3.05) is 5.32 Å². The summed E-state index contributed by atoms with van der Waals surface area (Å²) in [7, 11) is 0. The van der Waals surface area contributed by atoms with E-state index in [1.165, 1.54) is 12.1 Å². The van der Waals surface area contributed by atoms with Gasteiger partial charge in [0, 0.05) is 35.4 Å². The smallest absolute Gasteiger partial charge is 0.337 e. The number of halogens is 2. The first-order chi connectivity index (χ1) is 16.9. The largest absolute Gasteiger partial charge is 0.362 e. The van der Waals surface area contributed by atoms with Gasteiger partial charge in [-0.1, -0.05) is 42.5 Å². The number of nitrogens with one attached hydrogen (secondary N) is 3. The fraction of sp³-hybridized carbons (Fsp3) is 0.179. The van der Waals surface area contributed by atoms with Crippen LogP contribution in [-0.2, 0) is 9.59 Å². The molecular weight excluding hydrogens is 509 g/mol. The zero-order valence-electron chi connectivity index (χ0n) is 19.1. The molecule has 0 bridgehead atoms. The molecule has 176 valence electrons. The summed E-state index contributed by atoms with van der Waals surface area (Å²) < 4.78 is 15.1. The standard InChI is InChI=1S/C28H23BrFN3O2/c1-16-25(28(35)33-24-11-10-20(29)15-31-24)26(18-8-5-9-21(30)12-18)27-22(32-16)13-19(14-23(27)34)17-6-3-2-4-7-17/h2-12,15,19,26,32H,13-14H2,1H3,(H,31,33,35)/p+1.